The number of hydrogen-bond acceptors (Lipinski definition) is 4. The Morgan fingerprint density at radius 1 is 1.44 bits per heavy atom. The third-order valence-corrected chi connectivity index (χ3v) is 4.81. The summed E-state index contributed by atoms with van der Waals surface area (Å²) >= 11 is 0. The predicted octanol–water partition coefficient (Wildman–Crippen LogP) is 0.360. The van der Waals surface area contributed by atoms with Crippen LogP contribution in [0, 0.1) is 0 Å². The Labute approximate surface area is 108 Å². The van der Waals surface area contributed by atoms with E-state index in [0.29, 0.717) is 6.54 Å². The lowest BCUT2D eigenvalue weighted by Gasteiger charge is -2.33. The Morgan fingerprint density at radius 2 is 2.11 bits per heavy atom. The molecule has 6 nitrogen and oxygen atoms in total. The van der Waals surface area contributed by atoms with Gasteiger partial charge in [0.2, 0.25) is 10.0 Å². The Kier molecular flexibility index (Phi) is 3.74. The van der Waals surface area contributed by atoms with Crippen LogP contribution in [0.3, 0.4) is 0 Å². The SMILES string of the molecule is Cn1cc(S(=O)(=O)NCC2(N)CCCCC2)cn1. The Balaban J connectivity index is 2.01. The summed E-state index contributed by atoms with van der Waals surface area (Å²) < 4.78 is 28.1. The van der Waals surface area contributed by atoms with E-state index in [4.69, 9.17) is 5.73 Å². The van der Waals surface area contributed by atoms with Crippen LogP contribution in [-0.2, 0) is 17.1 Å². The van der Waals surface area contributed by atoms with Gasteiger partial charge in [0, 0.05) is 25.3 Å². The zero-order valence-electron chi connectivity index (χ0n) is 10.6. The fourth-order valence-corrected chi connectivity index (χ4v) is 3.41. The van der Waals surface area contributed by atoms with E-state index in [1.54, 1.807) is 7.05 Å². The number of rotatable bonds is 4. The summed E-state index contributed by atoms with van der Waals surface area (Å²) in [4.78, 5) is 0.185. The van der Waals surface area contributed by atoms with E-state index >= 15 is 0 Å². The van der Waals surface area contributed by atoms with Crippen molar-refractivity contribution in [1.29, 1.82) is 0 Å². The van der Waals surface area contributed by atoms with Crippen LogP contribution in [0.2, 0.25) is 0 Å². The number of hydrogen-bond donors (Lipinski definition) is 2. The van der Waals surface area contributed by atoms with Gasteiger partial charge in [-0.1, -0.05) is 19.3 Å². The molecule has 1 fully saturated rings. The molecule has 18 heavy (non-hydrogen) atoms. The molecule has 0 saturated heterocycles. The van der Waals surface area contributed by atoms with Crippen molar-refractivity contribution in [2.45, 2.75) is 42.5 Å². The largest absolute Gasteiger partial charge is 0.324 e. The highest BCUT2D eigenvalue weighted by molar-refractivity contribution is 7.89. The van der Waals surface area contributed by atoms with Crippen molar-refractivity contribution in [3.8, 4) is 0 Å². The van der Waals surface area contributed by atoms with E-state index in [9.17, 15) is 8.42 Å². The first-order valence-corrected chi connectivity index (χ1v) is 7.67. The van der Waals surface area contributed by atoms with E-state index in [-0.39, 0.29) is 4.90 Å². The Morgan fingerprint density at radius 3 is 2.67 bits per heavy atom. The minimum Gasteiger partial charge on any atom is -0.324 e. The summed E-state index contributed by atoms with van der Waals surface area (Å²) in [5.41, 5.74) is 5.81. The Bertz CT molecular complexity index is 503. The summed E-state index contributed by atoms with van der Waals surface area (Å²) in [5, 5.41) is 3.86. The molecule has 1 saturated carbocycles. The standard InChI is InChI=1S/C11H20N4O2S/c1-15-8-10(7-13-15)18(16,17)14-9-11(12)5-3-2-4-6-11/h7-8,14H,2-6,9,12H2,1H3. The first-order valence-electron chi connectivity index (χ1n) is 6.19. The molecule has 0 aliphatic heterocycles. The molecule has 2 rings (SSSR count). The van der Waals surface area contributed by atoms with Crippen LogP contribution >= 0.6 is 0 Å². The van der Waals surface area contributed by atoms with Gasteiger partial charge in [-0.2, -0.15) is 5.10 Å². The second-order valence-electron chi connectivity index (χ2n) is 5.10. The summed E-state index contributed by atoms with van der Waals surface area (Å²) in [6.45, 7) is 0.296. The Hall–Kier alpha value is -0.920. The van der Waals surface area contributed by atoms with Gasteiger partial charge >= 0.3 is 0 Å². The summed E-state index contributed by atoms with van der Waals surface area (Å²) in [5.74, 6) is 0. The van der Waals surface area contributed by atoms with Gasteiger partial charge in [0.15, 0.2) is 0 Å². The van der Waals surface area contributed by atoms with Gasteiger partial charge in [0.1, 0.15) is 4.90 Å². The number of nitrogens with one attached hydrogen (secondary N) is 1. The maximum atomic E-state index is 12.0. The molecule has 1 heterocycles. The van der Waals surface area contributed by atoms with Crippen LogP contribution in [0.15, 0.2) is 17.3 Å². The number of aromatic nitrogens is 2. The maximum absolute atomic E-state index is 12.0. The van der Waals surface area contributed by atoms with Gasteiger partial charge in [-0.15, -0.1) is 0 Å². The van der Waals surface area contributed by atoms with Gasteiger partial charge in [-0.05, 0) is 12.8 Å². The highest BCUT2D eigenvalue weighted by Gasteiger charge is 2.29. The zero-order valence-corrected chi connectivity index (χ0v) is 11.4. The van der Waals surface area contributed by atoms with Gasteiger partial charge < -0.3 is 5.73 Å². The van der Waals surface area contributed by atoms with Crippen molar-refractivity contribution < 1.29 is 8.42 Å². The summed E-state index contributed by atoms with van der Waals surface area (Å²) in [6.07, 6.45) is 7.91. The van der Waals surface area contributed by atoms with Gasteiger partial charge in [-0.3, -0.25) is 4.68 Å². The van der Waals surface area contributed by atoms with Crippen molar-refractivity contribution in [2.75, 3.05) is 6.54 Å². The van der Waals surface area contributed by atoms with Crippen LogP contribution < -0.4 is 10.5 Å². The molecule has 1 aromatic heterocycles. The van der Waals surface area contributed by atoms with Gasteiger partial charge in [0.05, 0.1) is 6.20 Å². The molecule has 102 valence electrons. The molecule has 0 aromatic carbocycles. The average Bonchev–Trinajstić information content (AvgIpc) is 2.76. The predicted molar refractivity (Wildman–Crippen MR) is 68.4 cm³/mol. The molecule has 3 N–H and O–H groups in total. The molecule has 1 aliphatic rings. The smallest absolute Gasteiger partial charge is 0.243 e. The van der Waals surface area contributed by atoms with Crippen molar-refractivity contribution in [2.24, 2.45) is 12.8 Å². The number of aryl methyl sites for hydroxylation is 1. The molecular weight excluding hydrogens is 252 g/mol. The van der Waals surface area contributed by atoms with E-state index in [1.807, 2.05) is 0 Å². The van der Waals surface area contributed by atoms with Crippen LogP contribution in [-0.4, -0.2) is 30.3 Å². The second kappa shape index (κ2) is 4.99. The number of nitrogens with two attached hydrogens (primary N) is 1. The fourth-order valence-electron chi connectivity index (χ4n) is 2.29. The van der Waals surface area contributed by atoms with Crippen LogP contribution in [0.5, 0.6) is 0 Å². The lowest BCUT2D eigenvalue weighted by Crippen LogP contribution is -2.51. The van der Waals surface area contributed by atoms with Crippen molar-refractivity contribution in [3.05, 3.63) is 12.4 Å². The van der Waals surface area contributed by atoms with E-state index in [1.165, 1.54) is 23.5 Å². The molecule has 0 radical (unpaired) electrons. The summed E-state index contributed by atoms with van der Waals surface area (Å²) in [6, 6.07) is 0. The third kappa shape index (κ3) is 3.09. The lowest BCUT2D eigenvalue weighted by molar-refractivity contribution is 0.296. The third-order valence-electron chi connectivity index (χ3n) is 3.46. The molecule has 0 spiro atoms. The molecule has 0 atom stereocenters. The highest BCUT2D eigenvalue weighted by atomic mass is 32.2. The van der Waals surface area contributed by atoms with E-state index < -0.39 is 15.6 Å². The van der Waals surface area contributed by atoms with Gasteiger partial charge in [-0.25, -0.2) is 13.1 Å². The van der Waals surface area contributed by atoms with E-state index in [2.05, 4.69) is 9.82 Å². The number of sulfonamides is 1. The first kappa shape index (κ1) is 13.5. The first-order chi connectivity index (χ1) is 8.41. The second-order valence-corrected chi connectivity index (χ2v) is 6.86. The van der Waals surface area contributed by atoms with Crippen LogP contribution in [0.4, 0.5) is 0 Å². The van der Waals surface area contributed by atoms with Crippen LogP contribution in [0.25, 0.3) is 0 Å². The molecule has 0 amide bonds. The molecular formula is C11H20N4O2S. The maximum Gasteiger partial charge on any atom is 0.243 e. The molecule has 0 bridgehead atoms. The minimum atomic E-state index is -3.49. The van der Waals surface area contributed by atoms with Crippen LogP contribution in [0.1, 0.15) is 32.1 Å². The van der Waals surface area contributed by atoms with Gasteiger partial charge in [0.25, 0.3) is 0 Å². The molecule has 0 unspecified atom stereocenters. The fraction of sp³-hybridized carbons (Fsp3) is 0.727. The highest BCUT2D eigenvalue weighted by Crippen LogP contribution is 2.25. The summed E-state index contributed by atoms with van der Waals surface area (Å²) in [7, 11) is -1.81. The quantitative estimate of drug-likeness (QED) is 0.828. The minimum absolute atomic E-state index is 0.185. The molecule has 1 aromatic rings. The monoisotopic (exact) mass is 272 g/mol. The van der Waals surface area contributed by atoms with E-state index in [0.717, 1.165) is 25.7 Å². The lowest BCUT2D eigenvalue weighted by atomic mass is 9.83. The van der Waals surface area contributed by atoms with Crippen molar-refractivity contribution in [1.82, 2.24) is 14.5 Å². The van der Waals surface area contributed by atoms with Crippen molar-refractivity contribution >= 4 is 10.0 Å². The topological polar surface area (TPSA) is 90.0 Å². The van der Waals surface area contributed by atoms with Crippen molar-refractivity contribution in [3.63, 3.8) is 0 Å². The molecule has 7 heteroatoms. The number of nitrogens with zero attached hydrogens (tertiary/aromatic N) is 2. The normalized spacial score (nSPS) is 19.9. The zero-order chi connectivity index (χ0) is 13.2. The average molecular weight is 272 g/mol. The molecule has 1 aliphatic carbocycles.